The molecule has 0 aromatic heterocycles. The van der Waals surface area contributed by atoms with Gasteiger partial charge in [0.2, 0.25) is 0 Å². The molecule has 5 heteroatoms. The molecule has 0 spiro atoms. The van der Waals surface area contributed by atoms with E-state index in [0.717, 1.165) is 0 Å². The van der Waals surface area contributed by atoms with Gasteiger partial charge in [0.1, 0.15) is 0 Å². The molecule has 0 radical (unpaired) electrons. The van der Waals surface area contributed by atoms with E-state index in [-0.39, 0.29) is 6.61 Å². The van der Waals surface area contributed by atoms with E-state index in [4.69, 9.17) is 0 Å². The smallest absolute Gasteiger partial charge is 0.264 e. The van der Waals surface area contributed by atoms with Crippen molar-refractivity contribution in [2.45, 2.75) is 0 Å². The number of carbonyl (C=O) groups excluding carboxylic acids is 1. The monoisotopic (exact) mass is 106 g/mol. The molecule has 40 valence electrons. The summed E-state index contributed by atoms with van der Waals surface area (Å²) in [4.78, 5) is 17.7. The Balaban J connectivity index is 2.25. The summed E-state index contributed by atoms with van der Waals surface area (Å²) in [7, 11) is 0. The highest BCUT2D eigenvalue weighted by molar-refractivity contribution is 5.69. The van der Waals surface area contributed by atoms with E-state index in [9.17, 15) is 4.79 Å². The summed E-state index contributed by atoms with van der Waals surface area (Å²) in [5.41, 5.74) is 0. The van der Waals surface area contributed by atoms with Crippen LogP contribution in [0.2, 0.25) is 0 Å². The van der Waals surface area contributed by atoms with E-state index in [1.807, 2.05) is 0 Å². The van der Waals surface area contributed by atoms with Gasteiger partial charge in [-0.05, 0) is 5.04 Å². The van der Waals surface area contributed by atoms with Gasteiger partial charge < -0.3 is 0 Å². The highest BCUT2D eigenvalue weighted by Crippen LogP contribution is 1.92. The van der Waals surface area contributed by atoms with Crippen LogP contribution in [0.25, 0.3) is 0 Å². The molecule has 0 aromatic rings. The normalized spacial score (nSPS) is 21.4. The molecule has 1 saturated heterocycles. The number of hydrogen-bond donors (Lipinski definition) is 0. The Morgan fingerprint density at radius 3 is 2.57 bits per heavy atom. The molecule has 0 amide bonds. The minimum Gasteiger partial charge on any atom is -0.264 e. The molecule has 1 fully saturated rings. The Hall–Kier alpha value is -0.650. The van der Waals surface area contributed by atoms with Crippen LogP contribution in [0.3, 0.4) is 0 Å². The molecule has 1 heterocycles. The van der Waals surface area contributed by atoms with Gasteiger partial charge in [0.15, 0.2) is 6.61 Å². The second-order valence-electron chi connectivity index (χ2n) is 0.854. The van der Waals surface area contributed by atoms with Crippen molar-refractivity contribution in [1.82, 2.24) is 0 Å². The first kappa shape index (κ1) is 4.51. The van der Waals surface area contributed by atoms with Gasteiger partial charge in [-0.1, -0.05) is 0 Å². The third kappa shape index (κ3) is 1.11. The second kappa shape index (κ2) is 1.87. The summed E-state index contributed by atoms with van der Waals surface area (Å²) in [6.07, 6.45) is 0. The maximum Gasteiger partial charge on any atom is 0.374 e. The topological polar surface area (TPSA) is 54.0 Å². The maximum absolute atomic E-state index is 9.91. The molecule has 0 N–H and O–H groups in total. The highest BCUT2D eigenvalue weighted by atomic mass is 17.7. The quantitative estimate of drug-likeness (QED) is 0.383. The molecular formula is C2H2O5. The van der Waals surface area contributed by atoms with Crippen molar-refractivity contribution in [1.29, 1.82) is 0 Å². The lowest BCUT2D eigenvalue weighted by Crippen LogP contribution is -2.19. The number of carbonyl (C=O) groups is 1. The van der Waals surface area contributed by atoms with E-state index in [1.54, 1.807) is 0 Å². The Morgan fingerprint density at radius 2 is 2.29 bits per heavy atom. The van der Waals surface area contributed by atoms with E-state index in [1.165, 1.54) is 0 Å². The number of hydrogen-bond acceptors (Lipinski definition) is 5. The molecule has 0 aromatic carbocycles. The minimum atomic E-state index is -0.605. The van der Waals surface area contributed by atoms with Crippen LogP contribution in [-0.4, -0.2) is 12.6 Å². The average Bonchev–Trinajstić information content (AvgIpc) is 1.69. The highest BCUT2D eigenvalue weighted by Gasteiger charge is 2.11. The maximum atomic E-state index is 9.91. The second-order valence-corrected chi connectivity index (χ2v) is 0.854. The molecule has 1 rings (SSSR count). The van der Waals surface area contributed by atoms with Crippen LogP contribution in [-0.2, 0) is 24.6 Å². The molecular weight excluding hydrogens is 104 g/mol. The average molecular weight is 106 g/mol. The van der Waals surface area contributed by atoms with Crippen LogP contribution in [0.15, 0.2) is 0 Å². The first-order chi connectivity index (χ1) is 3.39. The third-order valence-corrected chi connectivity index (χ3v) is 0.380. The first-order valence-corrected chi connectivity index (χ1v) is 1.55. The summed E-state index contributed by atoms with van der Waals surface area (Å²) in [6.45, 7) is -0.222. The zero-order valence-electron chi connectivity index (χ0n) is 3.25. The Labute approximate surface area is 38.5 Å². The van der Waals surface area contributed by atoms with Crippen LogP contribution in [0.1, 0.15) is 0 Å². The van der Waals surface area contributed by atoms with Crippen molar-refractivity contribution < 1.29 is 24.6 Å². The number of rotatable bonds is 0. The van der Waals surface area contributed by atoms with Crippen molar-refractivity contribution in [3.8, 4) is 0 Å². The molecule has 0 bridgehead atoms. The van der Waals surface area contributed by atoms with Gasteiger partial charge >= 0.3 is 5.97 Å². The predicted molar refractivity (Wildman–Crippen MR) is 14.2 cm³/mol. The zero-order chi connectivity index (χ0) is 5.11. The first-order valence-electron chi connectivity index (χ1n) is 1.55. The third-order valence-electron chi connectivity index (χ3n) is 0.380. The SMILES string of the molecule is O=C1COOOO1. The standard InChI is InChI=1S/C2H2O5/c3-2-1-4-6-7-5-2/h1H2. The molecule has 7 heavy (non-hydrogen) atoms. The summed E-state index contributed by atoms with van der Waals surface area (Å²) >= 11 is 0. The van der Waals surface area contributed by atoms with Crippen LogP contribution in [0, 0.1) is 0 Å². The van der Waals surface area contributed by atoms with E-state index in [2.05, 4.69) is 19.9 Å². The minimum absolute atomic E-state index is 0.222. The molecule has 5 nitrogen and oxygen atoms in total. The molecule has 1 aliphatic heterocycles. The largest absolute Gasteiger partial charge is 0.374 e. The van der Waals surface area contributed by atoms with Crippen molar-refractivity contribution >= 4 is 5.97 Å². The van der Waals surface area contributed by atoms with Gasteiger partial charge in [-0.25, -0.2) is 4.79 Å². The van der Waals surface area contributed by atoms with E-state index >= 15 is 0 Å². The fourth-order valence-electron chi connectivity index (χ4n) is 0.168. The Bertz CT molecular complexity index is 70.1. The van der Waals surface area contributed by atoms with Gasteiger partial charge in [0.25, 0.3) is 0 Å². The lowest BCUT2D eigenvalue weighted by Gasteiger charge is -2.04. The van der Waals surface area contributed by atoms with Crippen LogP contribution in [0.4, 0.5) is 0 Å². The molecule has 0 saturated carbocycles. The summed E-state index contributed by atoms with van der Waals surface area (Å²) in [5, 5.41) is 7.31. The van der Waals surface area contributed by atoms with Crippen LogP contribution < -0.4 is 0 Å². The van der Waals surface area contributed by atoms with E-state index in [0.29, 0.717) is 0 Å². The Kier molecular flexibility index (Phi) is 1.21. The summed E-state index contributed by atoms with van der Waals surface area (Å²) < 4.78 is 0. The van der Waals surface area contributed by atoms with Crippen molar-refractivity contribution in [3.05, 3.63) is 0 Å². The lowest BCUT2D eigenvalue weighted by atomic mass is 10.8. The molecule has 0 atom stereocenters. The van der Waals surface area contributed by atoms with Gasteiger partial charge in [0, 0.05) is 5.04 Å². The van der Waals surface area contributed by atoms with Crippen molar-refractivity contribution in [2.75, 3.05) is 6.61 Å². The van der Waals surface area contributed by atoms with Gasteiger partial charge in [-0.2, -0.15) is 4.89 Å². The predicted octanol–water partition coefficient (Wildman–Crippen LogP) is -0.662. The summed E-state index contributed by atoms with van der Waals surface area (Å²) in [5.74, 6) is -0.605. The van der Waals surface area contributed by atoms with Crippen molar-refractivity contribution in [2.24, 2.45) is 0 Å². The van der Waals surface area contributed by atoms with Crippen LogP contribution >= 0.6 is 0 Å². The van der Waals surface area contributed by atoms with Crippen LogP contribution in [0.5, 0.6) is 0 Å². The summed E-state index contributed by atoms with van der Waals surface area (Å²) in [6, 6.07) is 0. The van der Waals surface area contributed by atoms with Gasteiger partial charge in [0.05, 0.1) is 0 Å². The Morgan fingerprint density at radius 1 is 1.43 bits per heavy atom. The zero-order valence-corrected chi connectivity index (χ0v) is 3.25. The molecule has 0 unspecified atom stereocenters. The van der Waals surface area contributed by atoms with Crippen molar-refractivity contribution in [3.63, 3.8) is 0 Å². The van der Waals surface area contributed by atoms with Gasteiger partial charge in [-0.15, -0.1) is 0 Å². The fraction of sp³-hybridized carbons (Fsp3) is 0.500. The molecule has 1 aliphatic rings. The van der Waals surface area contributed by atoms with E-state index < -0.39 is 5.97 Å². The lowest BCUT2D eigenvalue weighted by molar-refractivity contribution is -0.635. The fourth-order valence-corrected chi connectivity index (χ4v) is 0.168. The molecule has 0 aliphatic carbocycles. The van der Waals surface area contributed by atoms with Gasteiger partial charge in [-0.3, -0.25) is 4.89 Å².